The van der Waals surface area contributed by atoms with Crippen molar-refractivity contribution in [2.24, 2.45) is 0 Å². The summed E-state index contributed by atoms with van der Waals surface area (Å²) in [4.78, 5) is 10.0. The van der Waals surface area contributed by atoms with Gasteiger partial charge in [-0.1, -0.05) is 42.7 Å². The van der Waals surface area contributed by atoms with E-state index in [9.17, 15) is 0 Å². The molecule has 1 aromatic carbocycles. The van der Waals surface area contributed by atoms with Crippen LogP contribution in [0.5, 0.6) is 0 Å². The van der Waals surface area contributed by atoms with Crippen LogP contribution in [0.15, 0.2) is 24.3 Å². The second kappa shape index (κ2) is 5.93. The van der Waals surface area contributed by atoms with E-state index in [1.807, 2.05) is 11.3 Å². The van der Waals surface area contributed by atoms with Crippen LogP contribution in [0.3, 0.4) is 0 Å². The van der Waals surface area contributed by atoms with Crippen molar-refractivity contribution < 1.29 is 0 Å². The molecule has 2 aliphatic rings. The molecule has 2 aromatic rings. The number of hydrogen-bond acceptors (Lipinski definition) is 4. The van der Waals surface area contributed by atoms with Crippen LogP contribution in [0.2, 0.25) is 0 Å². The highest BCUT2D eigenvalue weighted by atomic mass is 32.1. The highest BCUT2D eigenvalue weighted by molar-refractivity contribution is 7.22. The summed E-state index contributed by atoms with van der Waals surface area (Å²) in [5, 5.41) is 1.21. The van der Waals surface area contributed by atoms with Gasteiger partial charge >= 0.3 is 0 Å². The standard InChI is InChI=1S/C17H23N3S/c1-2-6-14(7-3-1)19-10-12-20(13-11-19)17-18-15-8-4-5-9-16(15)21-17/h4-5,8-9,14H,1-3,6-7,10-13H2. The van der Waals surface area contributed by atoms with Gasteiger partial charge in [-0.2, -0.15) is 0 Å². The second-order valence-electron chi connectivity index (χ2n) is 6.28. The second-order valence-corrected chi connectivity index (χ2v) is 7.29. The molecule has 1 saturated heterocycles. The fourth-order valence-electron chi connectivity index (χ4n) is 3.72. The Bertz CT molecular complexity index is 562. The van der Waals surface area contributed by atoms with E-state index >= 15 is 0 Å². The lowest BCUT2D eigenvalue weighted by molar-refractivity contribution is 0.148. The zero-order valence-corrected chi connectivity index (χ0v) is 13.3. The first-order valence-electron chi connectivity index (χ1n) is 8.25. The first-order chi connectivity index (χ1) is 10.4. The number of hydrogen-bond donors (Lipinski definition) is 0. The summed E-state index contributed by atoms with van der Waals surface area (Å²) in [6, 6.07) is 9.33. The molecular formula is C17H23N3S. The highest BCUT2D eigenvalue weighted by Crippen LogP contribution is 2.30. The molecule has 0 amide bonds. The Kier molecular flexibility index (Phi) is 3.82. The van der Waals surface area contributed by atoms with E-state index in [1.165, 1.54) is 55.0 Å². The summed E-state index contributed by atoms with van der Waals surface area (Å²) in [5.74, 6) is 0. The molecule has 0 N–H and O–H groups in total. The van der Waals surface area contributed by atoms with Crippen LogP contribution in [0.1, 0.15) is 32.1 Å². The molecule has 0 unspecified atom stereocenters. The fourth-order valence-corrected chi connectivity index (χ4v) is 4.74. The van der Waals surface area contributed by atoms with Gasteiger partial charge in [0.1, 0.15) is 0 Å². The molecule has 1 saturated carbocycles. The van der Waals surface area contributed by atoms with Crippen LogP contribution in [-0.4, -0.2) is 42.1 Å². The van der Waals surface area contributed by atoms with Gasteiger partial charge in [0.05, 0.1) is 10.2 Å². The van der Waals surface area contributed by atoms with Crippen molar-refractivity contribution in [3.8, 4) is 0 Å². The lowest BCUT2D eigenvalue weighted by Gasteiger charge is -2.40. The lowest BCUT2D eigenvalue weighted by atomic mass is 9.94. The highest BCUT2D eigenvalue weighted by Gasteiger charge is 2.26. The fraction of sp³-hybridized carbons (Fsp3) is 0.588. The molecule has 0 atom stereocenters. The average molecular weight is 301 g/mol. The van der Waals surface area contributed by atoms with E-state index in [1.54, 1.807) is 0 Å². The number of aromatic nitrogens is 1. The Labute approximate surface area is 130 Å². The maximum absolute atomic E-state index is 4.80. The third-order valence-electron chi connectivity index (χ3n) is 4.96. The van der Waals surface area contributed by atoms with Crippen molar-refractivity contribution in [1.29, 1.82) is 0 Å². The van der Waals surface area contributed by atoms with E-state index in [2.05, 4.69) is 34.1 Å². The molecular weight excluding hydrogens is 278 g/mol. The molecule has 2 heterocycles. The van der Waals surface area contributed by atoms with Gasteiger partial charge in [0.2, 0.25) is 0 Å². The number of benzene rings is 1. The van der Waals surface area contributed by atoms with Crippen LogP contribution in [0.25, 0.3) is 10.2 Å². The molecule has 0 bridgehead atoms. The minimum Gasteiger partial charge on any atom is -0.345 e. The molecule has 1 aliphatic carbocycles. The van der Waals surface area contributed by atoms with E-state index in [4.69, 9.17) is 4.98 Å². The van der Waals surface area contributed by atoms with E-state index in [0.717, 1.165) is 24.6 Å². The number of rotatable bonds is 2. The van der Waals surface area contributed by atoms with Crippen LogP contribution in [0.4, 0.5) is 5.13 Å². The maximum Gasteiger partial charge on any atom is 0.186 e. The summed E-state index contributed by atoms with van der Waals surface area (Å²) in [6.45, 7) is 4.69. The molecule has 0 radical (unpaired) electrons. The zero-order valence-electron chi connectivity index (χ0n) is 12.5. The van der Waals surface area contributed by atoms with E-state index < -0.39 is 0 Å². The third kappa shape index (κ3) is 2.79. The van der Waals surface area contributed by atoms with Gasteiger partial charge in [-0.25, -0.2) is 4.98 Å². The summed E-state index contributed by atoms with van der Waals surface area (Å²) in [6.07, 6.45) is 7.15. The Morgan fingerprint density at radius 3 is 2.48 bits per heavy atom. The largest absolute Gasteiger partial charge is 0.345 e. The first-order valence-corrected chi connectivity index (χ1v) is 9.06. The molecule has 112 valence electrons. The van der Waals surface area contributed by atoms with Gasteiger partial charge in [0, 0.05) is 32.2 Å². The minimum atomic E-state index is 0.858. The van der Waals surface area contributed by atoms with E-state index in [0.29, 0.717) is 0 Å². The monoisotopic (exact) mass is 301 g/mol. The van der Waals surface area contributed by atoms with Crippen LogP contribution in [0, 0.1) is 0 Å². The third-order valence-corrected chi connectivity index (χ3v) is 6.06. The predicted molar refractivity (Wildman–Crippen MR) is 90.3 cm³/mol. The molecule has 4 rings (SSSR count). The van der Waals surface area contributed by atoms with Crippen LogP contribution in [-0.2, 0) is 0 Å². The number of fused-ring (bicyclic) bond motifs is 1. The zero-order chi connectivity index (χ0) is 14.1. The van der Waals surface area contributed by atoms with Crippen molar-refractivity contribution in [2.75, 3.05) is 31.1 Å². The molecule has 1 aromatic heterocycles. The number of nitrogens with zero attached hydrogens (tertiary/aromatic N) is 3. The van der Waals surface area contributed by atoms with Crippen molar-refractivity contribution in [1.82, 2.24) is 9.88 Å². The lowest BCUT2D eigenvalue weighted by Crippen LogP contribution is -2.50. The average Bonchev–Trinajstić information content (AvgIpc) is 3.00. The Morgan fingerprint density at radius 1 is 0.952 bits per heavy atom. The Hall–Kier alpha value is -1.13. The van der Waals surface area contributed by atoms with Gasteiger partial charge in [-0.15, -0.1) is 0 Å². The molecule has 3 nitrogen and oxygen atoms in total. The summed E-state index contributed by atoms with van der Waals surface area (Å²) in [5.41, 5.74) is 1.15. The molecule has 4 heteroatoms. The van der Waals surface area contributed by atoms with Gasteiger partial charge in [-0.05, 0) is 25.0 Å². The predicted octanol–water partition coefficient (Wildman–Crippen LogP) is 3.75. The van der Waals surface area contributed by atoms with E-state index in [-0.39, 0.29) is 0 Å². The van der Waals surface area contributed by atoms with Crippen molar-refractivity contribution >= 4 is 26.7 Å². The number of thiazole rings is 1. The van der Waals surface area contributed by atoms with Crippen molar-refractivity contribution in [3.63, 3.8) is 0 Å². The smallest absolute Gasteiger partial charge is 0.186 e. The molecule has 21 heavy (non-hydrogen) atoms. The van der Waals surface area contributed by atoms with Gasteiger partial charge < -0.3 is 4.90 Å². The number of anilines is 1. The summed E-state index contributed by atoms with van der Waals surface area (Å²) in [7, 11) is 0. The number of para-hydroxylation sites is 1. The SMILES string of the molecule is c1ccc2sc(N3CCN(C4CCCCC4)CC3)nc2c1. The maximum atomic E-state index is 4.80. The van der Waals surface area contributed by atoms with Crippen LogP contribution < -0.4 is 4.90 Å². The molecule has 2 fully saturated rings. The first kappa shape index (κ1) is 13.5. The number of piperazine rings is 1. The normalized spacial score (nSPS) is 22.0. The van der Waals surface area contributed by atoms with Gasteiger partial charge in [0.25, 0.3) is 0 Å². The van der Waals surface area contributed by atoms with Crippen molar-refractivity contribution in [3.05, 3.63) is 24.3 Å². The van der Waals surface area contributed by atoms with Crippen molar-refractivity contribution in [2.45, 2.75) is 38.1 Å². The Morgan fingerprint density at radius 2 is 1.71 bits per heavy atom. The topological polar surface area (TPSA) is 19.4 Å². The van der Waals surface area contributed by atoms with Gasteiger partial charge in [0.15, 0.2) is 5.13 Å². The minimum absolute atomic E-state index is 0.858. The molecule has 1 aliphatic heterocycles. The molecule has 0 spiro atoms. The quantitative estimate of drug-likeness (QED) is 0.842. The summed E-state index contributed by atoms with van der Waals surface area (Å²) >= 11 is 1.84. The Balaban J connectivity index is 1.42. The summed E-state index contributed by atoms with van der Waals surface area (Å²) < 4.78 is 1.31. The van der Waals surface area contributed by atoms with Crippen LogP contribution >= 0.6 is 11.3 Å². The van der Waals surface area contributed by atoms with Gasteiger partial charge in [-0.3, -0.25) is 4.90 Å².